The van der Waals surface area contributed by atoms with Crippen LogP contribution < -0.4 is 5.32 Å². The van der Waals surface area contributed by atoms with Gasteiger partial charge in [0.15, 0.2) is 6.10 Å². The van der Waals surface area contributed by atoms with E-state index in [4.69, 9.17) is 9.47 Å². The van der Waals surface area contributed by atoms with Crippen LogP contribution in [0.25, 0.3) is 0 Å². The minimum Gasteiger partial charge on any atom is -0.448 e. The highest BCUT2D eigenvalue weighted by atomic mass is 32.2. The van der Waals surface area contributed by atoms with Gasteiger partial charge in [0.25, 0.3) is 5.91 Å². The number of nitrogens with zero attached hydrogens (tertiary/aromatic N) is 2. The van der Waals surface area contributed by atoms with Gasteiger partial charge in [0, 0.05) is 24.1 Å². The van der Waals surface area contributed by atoms with E-state index < -0.39 is 41.1 Å². The third-order valence-electron chi connectivity index (χ3n) is 7.16. The molecule has 43 heavy (non-hydrogen) atoms. The summed E-state index contributed by atoms with van der Waals surface area (Å²) in [6, 6.07) is 18.1. The number of nitrogens with one attached hydrogen (secondary N) is 1. The number of likely N-dealkylation sites (tertiary alicyclic amines) is 1. The number of benzene rings is 2. The van der Waals surface area contributed by atoms with Gasteiger partial charge in [-0.1, -0.05) is 60.7 Å². The summed E-state index contributed by atoms with van der Waals surface area (Å²) in [5.41, 5.74) is 1.72. The van der Waals surface area contributed by atoms with Crippen LogP contribution in [-0.2, 0) is 23.9 Å². The number of hydrogen-bond acceptors (Lipinski definition) is 8. The molecule has 5 rings (SSSR count). The zero-order valence-corrected chi connectivity index (χ0v) is 25.9. The van der Waals surface area contributed by atoms with Crippen molar-refractivity contribution in [2.75, 3.05) is 18.8 Å². The van der Waals surface area contributed by atoms with Gasteiger partial charge in [0.05, 0.1) is 0 Å². The Balaban J connectivity index is 1.41. The van der Waals surface area contributed by atoms with E-state index in [1.54, 1.807) is 37.4 Å². The topological polar surface area (TPSA) is 105 Å². The number of alkyl carbamates (subject to hydrolysis) is 1. The fourth-order valence-electron chi connectivity index (χ4n) is 5.13. The molecule has 0 spiro atoms. The molecule has 0 unspecified atom stereocenters. The van der Waals surface area contributed by atoms with Crippen molar-refractivity contribution < 1.29 is 28.7 Å². The van der Waals surface area contributed by atoms with Crippen molar-refractivity contribution in [3.63, 3.8) is 0 Å². The summed E-state index contributed by atoms with van der Waals surface area (Å²) in [5.74, 6) is -0.582. The first-order valence-electron chi connectivity index (χ1n) is 14.1. The van der Waals surface area contributed by atoms with Gasteiger partial charge >= 0.3 is 12.1 Å². The Morgan fingerprint density at radius 3 is 2.30 bits per heavy atom. The summed E-state index contributed by atoms with van der Waals surface area (Å²) >= 11 is 3.07. The Kier molecular flexibility index (Phi) is 9.51. The van der Waals surface area contributed by atoms with Crippen molar-refractivity contribution in [2.45, 2.75) is 55.6 Å². The second-order valence-corrected chi connectivity index (χ2v) is 13.8. The van der Waals surface area contributed by atoms with Crippen LogP contribution in [0, 0.1) is 0 Å². The number of thioether (sulfide) groups is 2. The number of rotatable bonds is 9. The predicted molar refractivity (Wildman–Crippen MR) is 167 cm³/mol. The number of fused-ring (bicyclic) bond motifs is 1. The van der Waals surface area contributed by atoms with Crippen LogP contribution in [0.1, 0.15) is 44.4 Å². The average Bonchev–Trinajstić information content (AvgIpc) is 3.46. The highest BCUT2D eigenvalue weighted by Gasteiger charge is 2.54. The molecule has 2 aromatic carbocycles. The Bertz CT molecular complexity index is 1370. The van der Waals surface area contributed by atoms with Gasteiger partial charge in [-0.05, 0) is 55.4 Å². The lowest BCUT2D eigenvalue weighted by Crippen LogP contribution is -2.70. The fraction of sp³-hybridized carbons (Fsp3) is 0.375. The molecular formula is C32H35N3O6S2. The Morgan fingerprint density at radius 2 is 1.72 bits per heavy atom. The van der Waals surface area contributed by atoms with Crippen LogP contribution in [0.2, 0.25) is 0 Å². The zero-order valence-electron chi connectivity index (χ0n) is 24.3. The van der Waals surface area contributed by atoms with Gasteiger partial charge in [0.1, 0.15) is 22.7 Å². The van der Waals surface area contributed by atoms with Gasteiger partial charge in [0.2, 0.25) is 6.41 Å². The third-order valence-corrected chi connectivity index (χ3v) is 9.52. The molecule has 0 radical (unpaired) electrons. The van der Waals surface area contributed by atoms with Gasteiger partial charge in [-0.25, -0.2) is 9.59 Å². The quantitative estimate of drug-likeness (QED) is 0.241. The SMILES string of the molecule is CC(C)(C)OC(=O)N[C@@H]1C(=O)N2C(C(=O)OC(c3ccccc3)c3ccccc3)=C(C=CS[C@H]3CCN(C=O)C3)CS[C@H]12. The first-order chi connectivity index (χ1) is 20.6. The lowest BCUT2D eigenvalue weighted by atomic mass is 10.0. The molecule has 2 aromatic rings. The molecule has 3 aliphatic heterocycles. The summed E-state index contributed by atoms with van der Waals surface area (Å²) in [6.45, 7) is 6.65. The van der Waals surface area contributed by atoms with Crippen molar-refractivity contribution in [3.8, 4) is 0 Å². The molecule has 3 heterocycles. The third kappa shape index (κ3) is 7.27. The van der Waals surface area contributed by atoms with Crippen LogP contribution >= 0.6 is 23.5 Å². The maximum absolute atomic E-state index is 14.0. The monoisotopic (exact) mass is 621 g/mol. The van der Waals surface area contributed by atoms with Crippen molar-refractivity contribution in [2.24, 2.45) is 0 Å². The molecule has 2 fully saturated rings. The van der Waals surface area contributed by atoms with Gasteiger partial charge in [-0.3, -0.25) is 14.5 Å². The van der Waals surface area contributed by atoms with Crippen LogP contribution in [0.4, 0.5) is 4.79 Å². The van der Waals surface area contributed by atoms with E-state index in [0.717, 1.165) is 30.5 Å². The number of carbonyl (C=O) groups is 4. The Hall–Kier alpha value is -3.70. The largest absolute Gasteiger partial charge is 0.448 e. The van der Waals surface area contributed by atoms with Crippen molar-refractivity contribution >= 4 is 47.9 Å². The summed E-state index contributed by atoms with van der Waals surface area (Å²) in [5, 5.41) is 4.38. The minimum atomic E-state index is -0.825. The second-order valence-electron chi connectivity index (χ2n) is 11.5. The molecule has 0 aromatic heterocycles. The lowest BCUT2D eigenvalue weighted by molar-refractivity contribution is -0.153. The molecule has 11 heteroatoms. The van der Waals surface area contributed by atoms with Gasteiger partial charge in [-0.2, -0.15) is 0 Å². The Morgan fingerprint density at radius 1 is 1.07 bits per heavy atom. The number of allylic oxidation sites excluding steroid dienone is 1. The number of β-lactam (4-membered cyclic amide) rings is 1. The molecule has 9 nitrogen and oxygen atoms in total. The number of esters is 1. The molecule has 2 saturated heterocycles. The Labute approximate surface area is 260 Å². The van der Waals surface area contributed by atoms with Crippen molar-refractivity contribution in [1.29, 1.82) is 0 Å². The summed E-state index contributed by atoms with van der Waals surface area (Å²) < 4.78 is 11.5. The first-order valence-corrected chi connectivity index (χ1v) is 16.1. The highest BCUT2D eigenvalue weighted by Crippen LogP contribution is 2.42. The molecular weight excluding hydrogens is 587 g/mol. The number of amides is 3. The first kappa shape index (κ1) is 30.7. The van der Waals surface area contributed by atoms with Crippen LogP contribution in [0.15, 0.2) is 83.4 Å². The lowest BCUT2D eigenvalue weighted by Gasteiger charge is -2.49. The smallest absolute Gasteiger partial charge is 0.408 e. The maximum atomic E-state index is 14.0. The van der Waals surface area contributed by atoms with Crippen LogP contribution in [0.5, 0.6) is 0 Å². The molecule has 0 aliphatic carbocycles. The van der Waals surface area contributed by atoms with E-state index in [-0.39, 0.29) is 10.9 Å². The number of hydrogen-bond donors (Lipinski definition) is 1. The van der Waals surface area contributed by atoms with Crippen LogP contribution in [0.3, 0.4) is 0 Å². The molecule has 0 saturated carbocycles. The van der Waals surface area contributed by atoms with Gasteiger partial charge in [-0.15, -0.1) is 23.5 Å². The van der Waals surface area contributed by atoms with Crippen molar-refractivity contribution in [3.05, 3.63) is 94.5 Å². The van der Waals surface area contributed by atoms with E-state index in [1.165, 1.54) is 16.7 Å². The van der Waals surface area contributed by atoms with E-state index in [0.29, 0.717) is 17.9 Å². The van der Waals surface area contributed by atoms with Gasteiger partial charge < -0.3 is 19.7 Å². The maximum Gasteiger partial charge on any atom is 0.408 e. The summed E-state index contributed by atoms with van der Waals surface area (Å²) in [7, 11) is 0. The fourth-order valence-corrected chi connectivity index (χ4v) is 7.44. The zero-order chi connectivity index (χ0) is 30.6. The number of carbonyl (C=O) groups excluding carboxylic acids is 4. The standard InChI is InChI=1S/C32H35N3O6S2/c1-32(2,3)41-31(39)33-25-28(37)35-26(23(19-43-29(25)35)15-17-42-24-14-16-34(18-24)20-36)30(38)40-27(21-10-6-4-7-11-21)22-12-8-5-9-13-22/h4-13,15,17,20,24-25,27,29H,14,16,18-19H2,1-3H3,(H,33,39)/t24-,25+,29+/m0/s1. The molecule has 226 valence electrons. The molecule has 0 bridgehead atoms. The van der Waals surface area contributed by atoms with E-state index in [9.17, 15) is 19.2 Å². The molecule has 3 aliphatic rings. The van der Waals surface area contributed by atoms with E-state index >= 15 is 0 Å². The van der Waals surface area contributed by atoms with Crippen LogP contribution in [-0.4, -0.2) is 75.3 Å². The van der Waals surface area contributed by atoms with Crippen molar-refractivity contribution in [1.82, 2.24) is 15.1 Å². The molecule has 3 amide bonds. The second kappa shape index (κ2) is 13.3. The van der Waals surface area contributed by atoms with E-state index in [1.807, 2.05) is 72.1 Å². The summed E-state index contributed by atoms with van der Waals surface area (Å²) in [4.78, 5) is 54.3. The molecule has 3 atom stereocenters. The predicted octanol–water partition coefficient (Wildman–Crippen LogP) is 4.86. The summed E-state index contributed by atoms with van der Waals surface area (Å²) in [6.07, 6.45) is 2.24. The number of ether oxygens (including phenoxy) is 2. The minimum absolute atomic E-state index is 0.172. The molecule has 1 N–H and O–H groups in total. The average molecular weight is 622 g/mol. The highest BCUT2D eigenvalue weighted by molar-refractivity contribution is 8.02. The normalized spacial score (nSPS) is 22.0. The van der Waals surface area contributed by atoms with E-state index in [2.05, 4.69) is 5.32 Å².